The third-order valence-electron chi connectivity index (χ3n) is 4.33. The summed E-state index contributed by atoms with van der Waals surface area (Å²) < 4.78 is 1.16. The minimum Gasteiger partial charge on any atom is -0.351 e. The van der Waals surface area contributed by atoms with Gasteiger partial charge in [-0.15, -0.1) is 22.7 Å². The first-order valence-electron chi connectivity index (χ1n) is 8.68. The Hall–Kier alpha value is -1.22. The summed E-state index contributed by atoms with van der Waals surface area (Å²) in [4.78, 5) is 30.6. The fraction of sp³-hybridized carbons (Fsp3) is 0.444. The molecule has 5 nitrogen and oxygen atoms in total. The van der Waals surface area contributed by atoms with Crippen molar-refractivity contribution in [3.63, 3.8) is 0 Å². The van der Waals surface area contributed by atoms with Gasteiger partial charge in [0.2, 0.25) is 5.91 Å². The first-order chi connectivity index (χ1) is 12.6. The van der Waals surface area contributed by atoms with E-state index in [1.165, 1.54) is 16.2 Å². The smallest absolute Gasteiger partial charge is 0.261 e. The highest BCUT2D eigenvalue weighted by molar-refractivity contribution is 9.11. The fourth-order valence-corrected chi connectivity index (χ4v) is 5.07. The van der Waals surface area contributed by atoms with Gasteiger partial charge in [0.05, 0.1) is 8.66 Å². The molecule has 0 atom stereocenters. The van der Waals surface area contributed by atoms with Crippen molar-refractivity contribution >= 4 is 50.4 Å². The normalized spacial score (nSPS) is 15.2. The van der Waals surface area contributed by atoms with Gasteiger partial charge in [0.25, 0.3) is 5.91 Å². The van der Waals surface area contributed by atoms with E-state index in [0.717, 1.165) is 36.5 Å². The van der Waals surface area contributed by atoms with Crippen molar-refractivity contribution < 1.29 is 9.59 Å². The van der Waals surface area contributed by atoms with Crippen LogP contribution in [0.4, 0.5) is 0 Å². The lowest BCUT2D eigenvalue weighted by atomic mass is 10.2. The molecule has 1 aliphatic rings. The van der Waals surface area contributed by atoms with Crippen LogP contribution in [0.15, 0.2) is 33.4 Å². The van der Waals surface area contributed by atoms with Gasteiger partial charge in [-0.1, -0.05) is 6.07 Å². The third kappa shape index (κ3) is 5.64. The molecule has 0 saturated carbocycles. The summed E-state index contributed by atoms with van der Waals surface area (Å²) in [5, 5.41) is 4.75. The number of nitrogens with zero attached hydrogens (tertiary/aromatic N) is 2. The minimum atomic E-state index is -0.0544. The zero-order valence-electron chi connectivity index (χ0n) is 14.4. The summed E-state index contributed by atoms with van der Waals surface area (Å²) in [5.74, 6) is 0.134. The number of hydrogen-bond acceptors (Lipinski definition) is 5. The van der Waals surface area contributed by atoms with Gasteiger partial charge in [0.15, 0.2) is 0 Å². The Bertz CT molecular complexity index is 725. The first kappa shape index (κ1) is 19.5. The highest BCUT2D eigenvalue weighted by Gasteiger charge is 2.21. The molecule has 0 aromatic carbocycles. The van der Waals surface area contributed by atoms with E-state index in [0.29, 0.717) is 24.3 Å². The van der Waals surface area contributed by atoms with Crippen molar-refractivity contribution in [2.24, 2.45) is 0 Å². The maximum absolute atomic E-state index is 12.3. The molecule has 0 bridgehead atoms. The second-order valence-corrected chi connectivity index (χ2v) is 9.69. The average molecular weight is 456 g/mol. The molecule has 2 aromatic rings. The molecule has 1 saturated heterocycles. The van der Waals surface area contributed by atoms with Crippen molar-refractivity contribution in [2.75, 3.05) is 32.7 Å². The standard InChI is InChI=1S/C18H22BrN3O2S2/c19-16-6-5-14(26-16)13-21-8-10-22(11-9-21)17(23)4-1-7-20-18(24)15-3-2-12-25-15/h2-3,5-6,12H,1,4,7-11,13H2,(H,20,24). The van der Waals surface area contributed by atoms with Crippen LogP contribution in [0.5, 0.6) is 0 Å². The Morgan fingerprint density at radius 1 is 1.15 bits per heavy atom. The maximum atomic E-state index is 12.3. The van der Waals surface area contributed by atoms with Crippen molar-refractivity contribution in [3.8, 4) is 0 Å². The van der Waals surface area contributed by atoms with Crippen LogP contribution >= 0.6 is 38.6 Å². The van der Waals surface area contributed by atoms with E-state index in [2.05, 4.69) is 38.3 Å². The number of rotatable bonds is 7. The minimum absolute atomic E-state index is 0.0544. The lowest BCUT2D eigenvalue weighted by Gasteiger charge is -2.34. The molecule has 1 aliphatic heterocycles. The molecule has 140 valence electrons. The van der Waals surface area contributed by atoms with E-state index in [1.807, 2.05) is 16.3 Å². The Morgan fingerprint density at radius 2 is 1.96 bits per heavy atom. The molecule has 0 radical (unpaired) electrons. The van der Waals surface area contributed by atoms with Crippen LogP contribution in [-0.2, 0) is 11.3 Å². The molecule has 2 amide bonds. The topological polar surface area (TPSA) is 52.7 Å². The zero-order valence-corrected chi connectivity index (χ0v) is 17.7. The monoisotopic (exact) mass is 455 g/mol. The number of carbonyl (C=O) groups excluding carboxylic acids is 2. The SMILES string of the molecule is O=C(NCCCC(=O)N1CCN(Cc2ccc(Br)s2)CC1)c1cccs1. The lowest BCUT2D eigenvalue weighted by molar-refractivity contribution is -0.133. The molecular weight excluding hydrogens is 434 g/mol. The number of carbonyl (C=O) groups is 2. The molecule has 1 N–H and O–H groups in total. The number of amides is 2. The molecule has 0 unspecified atom stereocenters. The number of hydrogen-bond donors (Lipinski definition) is 1. The van der Waals surface area contributed by atoms with Crippen LogP contribution in [-0.4, -0.2) is 54.3 Å². The molecular formula is C18H22BrN3O2S2. The predicted molar refractivity (Wildman–Crippen MR) is 110 cm³/mol. The van der Waals surface area contributed by atoms with Gasteiger partial charge in [-0.25, -0.2) is 0 Å². The van der Waals surface area contributed by atoms with E-state index in [9.17, 15) is 9.59 Å². The summed E-state index contributed by atoms with van der Waals surface area (Å²) in [6, 6.07) is 7.90. The number of nitrogens with one attached hydrogen (secondary N) is 1. The average Bonchev–Trinajstić information content (AvgIpc) is 3.31. The highest BCUT2D eigenvalue weighted by Crippen LogP contribution is 2.23. The second kappa shape index (κ2) is 9.64. The summed E-state index contributed by atoms with van der Waals surface area (Å²) in [6.45, 7) is 4.88. The zero-order chi connectivity index (χ0) is 18.4. The van der Waals surface area contributed by atoms with Gasteiger partial charge in [-0.3, -0.25) is 14.5 Å². The summed E-state index contributed by atoms with van der Waals surface area (Å²) >= 11 is 6.69. The molecule has 1 fully saturated rings. The molecule has 3 heterocycles. The van der Waals surface area contributed by atoms with E-state index >= 15 is 0 Å². The van der Waals surface area contributed by atoms with E-state index in [4.69, 9.17) is 0 Å². The van der Waals surface area contributed by atoms with Gasteiger partial charge in [0.1, 0.15) is 0 Å². The highest BCUT2D eigenvalue weighted by atomic mass is 79.9. The van der Waals surface area contributed by atoms with Gasteiger partial charge >= 0.3 is 0 Å². The molecule has 0 spiro atoms. The van der Waals surface area contributed by atoms with E-state index in [-0.39, 0.29) is 11.8 Å². The van der Waals surface area contributed by atoms with Crippen LogP contribution in [0, 0.1) is 0 Å². The van der Waals surface area contributed by atoms with Crippen LogP contribution in [0.2, 0.25) is 0 Å². The van der Waals surface area contributed by atoms with Crippen LogP contribution in [0.3, 0.4) is 0 Å². The Labute approximate surface area is 170 Å². The Kier molecular flexibility index (Phi) is 7.24. The van der Waals surface area contributed by atoms with Crippen LogP contribution in [0.1, 0.15) is 27.4 Å². The molecule has 8 heteroatoms. The van der Waals surface area contributed by atoms with E-state index < -0.39 is 0 Å². The van der Waals surface area contributed by atoms with Crippen molar-refractivity contribution in [3.05, 3.63) is 43.2 Å². The Balaban J connectivity index is 1.31. The van der Waals surface area contributed by atoms with Crippen molar-refractivity contribution in [1.29, 1.82) is 0 Å². The molecule has 0 aliphatic carbocycles. The predicted octanol–water partition coefficient (Wildman–Crippen LogP) is 3.43. The first-order valence-corrected chi connectivity index (χ1v) is 11.2. The molecule has 3 rings (SSSR count). The summed E-state index contributed by atoms with van der Waals surface area (Å²) in [6.07, 6.45) is 1.17. The second-order valence-electron chi connectivity index (χ2n) is 6.20. The van der Waals surface area contributed by atoms with Crippen molar-refractivity contribution in [2.45, 2.75) is 19.4 Å². The van der Waals surface area contributed by atoms with Crippen LogP contribution < -0.4 is 5.32 Å². The summed E-state index contributed by atoms with van der Waals surface area (Å²) in [7, 11) is 0. The lowest BCUT2D eigenvalue weighted by Crippen LogP contribution is -2.48. The van der Waals surface area contributed by atoms with Gasteiger partial charge in [-0.05, 0) is 45.9 Å². The third-order valence-corrected chi connectivity index (χ3v) is 6.81. The van der Waals surface area contributed by atoms with Gasteiger partial charge in [0, 0.05) is 50.6 Å². The van der Waals surface area contributed by atoms with Crippen LogP contribution in [0.25, 0.3) is 0 Å². The van der Waals surface area contributed by atoms with Gasteiger partial charge in [-0.2, -0.15) is 0 Å². The molecule has 2 aromatic heterocycles. The largest absolute Gasteiger partial charge is 0.351 e. The van der Waals surface area contributed by atoms with Crippen molar-refractivity contribution in [1.82, 2.24) is 15.1 Å². The Morgan fingerprint density at radius 3 is 2.62 bits per heavy atom. The molecule has 26 heavy (non-hydrogen) atoms. The number of thiophene rings is 2. The summed E-state index contributed by atoms with van der Waals surface area (Å²) in [5.41, 5.74) is 0. The van der Waals surface area contributed by atoms with E-state index in [1.54, 1.807) is 17.4 Å². The maximum Gasteiger partial charge on any atom is 0.261 e. The quantitative estimate of drug-likeness (QED) is 0.650. The number of piperazine rings is 1. The fourth-order valence-electron chi connectivity index (χ4n) is 2.91. The van der Waals surface area contributed by atoms with Gasteiger partial charge < -0.3 is 10.2 Å². The number of halogens is 1.